The van der Waals surface area contributed by atoms with E-state index >= 15 is 0 Å². The highest BCUT2D eigenvalue weighted by atomic mass is 35.5. The summed E-state index contributed by atoms with van der Waals surface area (Å²) in [5.41, 5.74) is 6.94. The van der Waals surface area contributed by atoms with E-state index in [9.17, 15) is 0 Å². The van der Waals surface area contributed by atoms with Crippen LogP contribution in [0.2, 0.25) is 10.0 Å². The number of hydrogen-bond donors (Lipinski definition) is 1. The Bertz CT molecular complexity index is 538. The highest BCUT2D eigenvalue weighted by Crippen LogP contribution is 2.35. The second-order valence-corrected chi connectivity index (χ2v) is 5.99. The van der Waals surface area contributed by atoms with Crippen LogP contribution in [0.15, 0.2) is 52.3 Å². The van der Waals surface area contributed by atoms with E-state index < -0.39 is 0 Å². The van der Waals surface area contributed by atoms with Crippen LogP contribution in [-0.2, 0) is 0 Å². The third kappa shape index (κ3) is 3.42. The molecule has 0 saturated heterocycles. The lowest BCUT2D eigenvalue weighted by Gasteiger charge is -2.08. The van der Waals surface area contributed by atoms with Gasteiger partial charge >= 0.3 is 0 Å². The maximum Gasteiger partial charge on any atom is 0.0546 e. The molecule has 18 heavy (non-hydrogen) atoms. The molecule has 0 aliphatic heterocycles. The Kier molecular flexibility index (Phi) is 4.57. The van der Waals surface area contributed by atoms with Crippen molar-refractivity contribution in [2.45, 2.75) is 22.8 Å². The van der Waals surface area contributed by atoms with Gasteiger partial charge in [-0.1, -0.05) is 47.1 Å². The number of benzene rings is 2. The summed E-state index contributed by atoms with van der Waals surface area (Å²) in [5, 5.41) is 1.40. The van der Waals surface area contributed by atoms with Gasteiger partial charge in [0.1, 0.15) is 0 Å². The highest BCUT2D eigenvalue weighted by molar-refractivity contribution is 7.99. The monoisotopic (exact) mass is 297 g/mol. The third-order valence-electron chi connectivity index (χ3n) is 2.53. The average Bonchev–Trinajstić information content (AvgIpc) is 2.34. The van der Waals surface area contributed by atoms with Gasteiger partial charge in [0.15, 0.2) is 0 Å². The Balaban J connectivity index is 2.21. The maximum atomic E-state index is 6.13. The minimum Gasteiger partial charge on any atom is -0.324 e. The average molecular weight is 298 g/mol. The van der Waals surface area contributed by atoms with Crippen molar-refractivity contribution in [3.05, 3.63) is 58.1 Å². The predicted octanol–water partition coefficient (Wildman–Crippen LogP) is 5.16. The Labute approximate surface area is 121 Å². The van der Waals surface area contributed by atoms with Gasteiger partial charge in [-0.2, -0.15) is 0 Å². The first-order chi connectivity index (χ1) is 8.56. The van der Waals surface area contributed by atoms with Gasteiger partial charge in [0, 0.05) is 20.9 Å². The maximum absolute atomic E-state index is 6.13. The molecule has 0 aliphatic carbocycles. The van der Waals surface area contributed by atoms with E-state index in [2.05, 4.69) is 0 Å². The van der Waals surface area contributed by atoms with E-state index in [4.69, 9.17) is 28.9 Å². The molecule has 0 aromatic heterocycles. The van der Waals surface area contributed by atoms with E-state index in [0.29, 0.717) is 10.0 Å². The number of rotatable bonds is 3. The predicted molar refractivity (Wildman–Crippen MR) is 79.6 cm³/mol. The molecular weight excluding hydrogens is 285 g/mol. The number of hydrogen-bond acceptors (Lipinski definition) is 2. The van der Waals surface area contributed by atoms with Gasteiger partial charge in [0.05, 0.1) is 5.02 Å². The van der Waals surface area contributed by atoms with Crippen LogP contribution >= 0.6 is 35.0 Å². The summed E-state index contributed by atoms with van der Waals surface area (Å²) in [7, 11) is 0. The molecule has 0 fully saturated rings. The zero-order chi connectivity index (χ0) is 13.1. The summed E-state index contributed by atoms with van der Waals surface area (Å²) in [6.07, 6.45) is 0. The topological polar surface area (TPSA) is 26.0 Å². The number of halogens is 2. The molecule has 2 aromatic rings. The largest absolute Gasteiger partial charge is 0.324 e. The molecule has 2 N–H and O–H groups in total. The molecule has 0 bridgehead atoms. The summed E-state index contributed by atoms with van der Waals surface area (Å²) in [4.78, 5) is 2.07. The van der Waals surface area contributed by atoms with Crippen LogP contribution in [0, 0.1) is 0 Å². The van der Waals surface area contributed by atoms with Crippen LogP contribution < -0.4 is 5.73 Å². The molecule has 1 unspecified atom stereocenters. The molecule has 2 aromatic carbocycles. The minimum absolute atomic E-state index is 0.0545. The van der Waals surface area contributed by atoms with Crippen molar-refractivity contribution in [2.24, 2.45) is 5.73 Å². The second-order valence-electron chi connectivity index (χ2n) is 4.03. The normalized spacial score (nSPS) is 12.4. The standard InChI is InChI=1S/C14H13Cl2NS/c1-9(17)10-2-5-12(6-3-10)18-14-8-11(15)4-7-13(14)16/h2-9H,17H2,1H3. The second kappa shape index (κ2) is 5.98. The molecule has 2 rings (SSSR count). The lowest BCUT2D eigenvalue weighted by atomic mass is 10.1. The Hall–Kier alpha value is -0.670. The third-order valence-corrected chi connectivity index (χ3v) is 4.27. The van der Waals surface area contributed by atoms with E-state index in [1.54, 1.807) is 17.8 Å². The van der Waals surface area contributed by atoms with Crippen LogP contribution in [-0.4, -0.2) is 0 Å². The van der Waals surface area contributed by atoms with Crippen LogP contribution in [0.3, 0.4) is 0 Å². The van der Waals surface area contributed by atoms with Crippen molar-refractivity contribution in [3.63, 3.8) is 0 Å². The van der Waals surface area contributed by atoms with Crippen LogP contribution in [0.25, 0.3) is 0 Å². The molecule has 4 heteroatoms. The molecule has 0 aliphatic rings. The van der Waals surface area contributed by atoms with Crippen molar-refractivity contribution in [3.8, 4) is 0 Å². The fourth-order valence-corrected chi connectivity index (χ4v) is 2.87. The summed E-state index contributed by atoms with van der Waals surface area (Å²) >= 11 is 13.7. The van der Waals surface area contributed by atoms with Gasteiger partial charge in [0.2, 0.25) is 0 Å². The quantitative estimate of drug-likeness (QED) is 0.846. The van der Waals surface area contributed by atoms with Gasteiger partial charge in [-0.15, -0.1) is 0 Å². The van der Waals surface area contributed by atoms with Gasteiger partial charge in [-0.05, 0) is 42.8 Å². The van der Waals surface area contributed by atoms with E-state index in [1.165, 1.54) is 0 Å². The van der Waals surface area contributed by atoms with E-state index in [-0.39, 0.29) is 6.04 Å². The molecule has 0 amide bonds. The Morgan fingerprint density at radius 3 is 2.33 bits per heavy atom. The Morgan fingerprint density at radius 1 is 1.06 bits per heavy atom. The van der Waals surface area contributed by atoms with Crippen molar-refractivity contribution in [2.75, 3.05) is 0 Å². The molecule has 0 radical (unpaired) electrons. The zero-order valence-corrected chi connectivity index (χ0v) is 12.2. The first-order valence-electron chi connectivity index (χ1n) is 5.54. The number of nitrogens with two attached hydrogens (primary N) is 1. The smallest absolute Gasteiger partial charge is 0.0546 e. The lowest BCUT2D eigenvalue weighted by Crippen LogP contribution is -2.04. The first kappa shape index (κ1) is 13.8. The van der Waals surface area contributed by atoms with Crippen LogP contribution in [0.5, 0.6) is 0 Å². The highest BCUT2D eigenvalue weighted by Gasteiger charge is 2.05. The lowest BCUT2D eigenvalue weighted by molar-refractivity contribution is 0.817. The molecule has 94 valence electrons. The molecule has 0 saturated carbocycles. The fourth-order valence-electron chi connectivity index (χ4n) is 1.52. The summed E-state index contributed by atoms with van der Waals surface area (Å²) in [6, 6.07) is 13.7. The molecule has 1 nitrogen and oxygen atoms in total. The van der Waals surface area contributed by atoms with Crippen molar-refractivity contribution in [1.29, 1.82) is 0 Å². The van der Waals surface area contributed by atoms with Gasteiger partial charge < -0.3 is 5.73 Å². The fraction of sp³-hybridized carbons (Fsp3) is 0.143. The van der Waals surface area contributed by atoms with Crippen molar-refractivity contribution in [1.82, 2.24) is 0 Å². The summed E-state index contributed by atoms with van der Waals surface area (Å²) in [6.45, 7) is 1.97. The summed E-state index contributed by atoms with van der Waals surface area (Å²) < 4.78 is 0. The zero-order valence-electron chi connectivity index (χ0n) is 9.86. The van der Waals surface area contributed by atoms with E-state index in [1.807, 2.05) is 43.3 Å². The van der Waals surface area contributed by atoms with Crippen LogP contribution in [0.4, 0.5) is 0 Å². The minimum atomic E-state index is 0.0545. The molecule has 0 spiro atoms. The Morgan fingerprint density at radius 2 is 1.72 bits per heavy atom. The SMILES string of the molecule is CC(N)c1ccc(Sc2cc(Cl)ccc2Cl)cc1. The molecule has 0 heterocycles. The molecular formula is C14H13Cl2NS. The molecule has 1 atom stereocenters. The van der Waals surface area contributed by atoms with Gasteiger partial charge in [0.25, 0.3) is 0 Å². The summed E-state index contributed by atoms with van der Waals surface area (Å²) in [5.74, 6) is 0. The first-order valence-corrected chi connectivity index (χ1v) is 7.12. The van der Waals surface area contributed by atoms with Crippen LogP contribution in [0.1, 0.15) is 18.5 Å². The van der Waals surface area contributed by atoms with Gasteiger partial charge in [-0.25, -0.2) is 0 Å². The van der Waals surface area contributed by atoms with Gasteiger partial charge in [-0.3, -0.25) is 0 Å². The van der Waals surface area contributed by atoms with E-state index in [0.717, 1.165) is 15.4 Å². The van der Waals surface area contributed by atoms with Crippen molar-refractivity contribution < 1.29 is 0 Å². The van der Waals surface area contributed by atoms with Crippen molar-refractivity contribution >= 4 is 35.0 Å².